The Morgan fingerprint density at radius 3 is 3.08 bits per heavy atom. The second-order valence-corrected chi connectivity index (χ2v) is 6.33. The smallest absolute Gasteiger partial charge is 0.271 e. The summed E-state index contributed by atoms with van der Waals surface area (Å²) in [6.45, 7) is 2.93. The van der Waals surface area contributed by atoms with Gasteiger partial charge in [0, 0.05) is 24.7 Å². The van der Waals surface area contributed by atoms with Crippen LogP contribution in [-0.4, -0.2) is 45.6 Å². The van der Waals surface area contributed by atoms with Crippen molar-refractivity contribution in [3.63, 3.8) is 0 Å². The normalized spacial score (nSPS) is 20.0. The minimum Gasteiger partial charge on any atom is -0.484 e. The van der Waals surface area contributed by atoms with Crippen LogP contribution in [0.3, 0.4) is 0 Å². The lowest BCUT2D eigenvalue weighted by atomic mass is 10.1. The van der Waals surface area contributed by atoms with Crippen LogP contribution in [0.2, 0.25) is 0 Å². The van der Waals surface area contributed by atoms with Crippen molar-refractivity contribution in [1.29, 1.82) is 0 Å². The molecule has 1 aliphatic rings. The van der Waals surface area contributed by atoms with Gasteiger partial charge in [0.05, 0.1) is 18.8 Å². The van der Waals surface area contributed by atoms with E-state index in [0.717, 1.165) is 11.3 Å². The standard InChI is InChI=1S/C19H20N4O3/c1-13-5-6-14(10-20-13)26-17-12-25-9-7-15(17)22-19(24)16-11-23-8-3-2-4-18(23)21-16/h2-6,8,10-11,15,17H,7,9,12H2,1H3,(H,22,24)/t15-,17+/m1/s1. The highest BCUT2D eigenvalue weighted by molar-refractivity contribution is 5.93. The summed E-state index contributed by atoms with van der Waals surface area (Å²) in [7, 11) is 0. The summed E-state index contributed by atoms with van der Waals surface area (Å²) >= 11 is 0. The lowest BCUT2D eigenvalue weighted by Crippen LogP contribution is -2.51. The Hall–Kier alpha value is -2.93. The molecule has 0 unspecified atom stereocenters. The summed E-state index contributed by atoms with van der Waals surface area (Å²) < 4.78 is 13.3. The van der Waals surface area contributed by atoms with Gasteiger partial charge >= 0.3 is 0 Å². The van der Waals surface area contributed by atoms with Crippen molar-refractivity contribution in [3.8, 4) is 5.75 Å². The second-order valence-electron chi connectivity index (χ2n) is 6.33. The molecular formula is C19H20N4O3. The number of hydrogen-bond donors (Lipinski definition) is 1. The number of fused-ring (bicyclic) bond motifs is 1. The molecule has 1 fully saturated rings. The molecule has 2 atom stereocenters. The second kappa shape index (κ2) is 7.13. The molecule has 26 heavy (non-hydrogen) atoms. The predicted octanol–water partition coefficient (Wildman–Crippen LogP) is 2.00. The van der Waals surface area contributed by atoms with Gasteiger partial charge in [0.15, 0.2) is 0 Å². The average molecular weight is 352 g/mol. The molecule has 3 aromatic heterocycles. The zero-order valence-electron chi connectivity index (χ0n) is 14.5. The van der Waals surface area contributed by atoms with Crippen LogP contribution in [0.15, 0.2) is 48.9 Å². The summed E-state index contributed by atoms with van der Waals surface area (Å²) in [6.07, 6.45) is 5.69. The number of carbonyl (C=O) groups is 1. The maximum absolute atomic E-state index is 12.6. The first-order chi connectivity index (χ1) is 12.7. The van der Waals surface area contributed by atoms with Gasteiger partial charge in [0.25, 0.3) is 5.91 Å². The Labute approximate surface area is 151 Å². The highest BCUT2D eigenvalue weighted by Crippen LogP contribution is 2.18. The van der Waals surface area contributed by atoms with Crippen LogP contribution >= 0.6 is 0 Å². The van der Waals surface area contributed by atoms with Crippen LogP contribution in [0.5, 0.6) is 5.75 Å². The Bertz CT molecular complexity index is 874. The molecular weight excluding hydrogens is 332 g/mol. The first-order valence-electron chi connectivity index (χ1n) is 8.61. The van der Waals surface area contributed by atoms with E-state index in [4.69, 9.17) is 9.47 Å². The molecule has 0 aliphatic carbocycles. The molecule has 3 aromatic rings. The number of hydrogen-bond acceptors (Lipinski definition) is 5. The number of amides is 1. The van der Waals surface area contributed by atoms with Crippen molar-refractivity contribution in [2.24, 2.45) is 0 Å². The number of ether oxygens (including phenoxy) is 2. The van der Waals surface area contributed by atoms with Crippen LogP contribution in [0.1, 0.15) is 22.6 Å². The average Bonchev–Trinajstić information content (AvgIpc) is 3.09. The maximum atomic E-state index is 12.6. The monoisotopic (exact) mass is 352 g/mol. The van der Waals surface area contributed by atoms with Gasteiger partial charge in [-0.15, -0.1) is 0 Å². The molecule has 0 radical (unpaired) electrons. The Morgan fingerprint density at radius 2 is 2.27 bits per heavy atom. The highest BCUT2D eigenvalue weighted by Gasteiger charge is 2.30. The zero-order chi connectivity index (χ0) is 17.9. The van der Waals surface area contributed by atoms with Gasteiger partial charge in [0.1, 0.15) is 23.2 Å². The lowest BCUT2D eigenvalue weighted by molar-refractivity contribution is -0.0136. The van der Waals surface area contributed by atoms with Crippen LogP contribution in [0, 0.1) is 6.92 Å². The fourth-order valence-electron chi connectivity index (χ4n) is 2.98. The minimum absolute atomic E-state index is 0.151. The fraction of sp³-hybridized carbons (Fsp3) is 0.316. The van der Waals surface area contributed by atoms with Crippen LogP contribution in [0.25, 0.3) is 5.65 Å². The molecule has 7 nitrogen and oxygen atoms in total. The van der Waals surface area contributed by atoms with E-state index in [0.29, 0.717) is 31.1 Å². The van der Waals surface area contributed by atoms with Gasteiger partial charge < -0.3 is 19.2 Å². The lowest BCUT2D eigenvalue weighted by Gasteiger charge is -2.32. The van der Waals surface area contributed by atoms with E-state index < -0.39 is 0 Å². The number of aryl methyl sites for hydroxylation is 1. The van der Waals surface area contributed by atoms with E-state index >= 15 is 0 Å². The van der Waals surface area contributed by atoms with Crippen molar-refractivity contribution >= 4 is 11.6 Å². The molecule has 0 saturated carbocycles. The number of nitrogens with zero attached hydrogens (tertiary/aromatic N) is 3. The number of carbonyl (C=O) groups excluding carboxylic acids is 1. The Morgan fingerprint density at radius 1 is 1.35 bits per heavy atom. The number of nitrogens with one attached hydrogen (secondary N) is 1. The highest BCUT2D eigenvalue weighted by atomic mass is 16.5. The summed E-state index contributed by atoms with van der Waals surface area (Å²) in [4.78, 5) is 21.2. The number of aromatic nitrogens is 3. The molecule has 1 aliphatic heterocycles. The van der Waals surface area contributed by atoms with Crippen LogP contribution in [0.4, 0.5) is 0 Å². The van der Waals surface area contributed by atoms with Gasteiger partial charge in [-0.05, 0) is 37.6 Å². The Kier molecular flexibility index (Phi) is 4.53. The first-order valence-corrected chi connectivity index (χ1v) is 8.61. The maximum Gasteiger partial charge on any atom is 0.271 e. The molecule has 0 aromatic carbocycles. The van der Waals surface area contributed by atoms with E-state index in [1.165, 1.54) is 0 Å². The number of rotatable bonds is 4. The number of pyridine rings is 2. The van der Waals surface area contributed by atoms with Crippen molar-refractivity contribution in [2.75, 3.05) is 13.2 Å². The molecule has 7 heteroatoms. The van der Waals surface area contributed by atoms with Crippen molar-refractivity contribution in [3.05, 3.63) is 60.3 Å². The van der Waals surface area contributed by atoms with E-state index in [9.17, 15) is 4.79 Å². The third-order valence-electron chi connectivity index (χ3n) is 4.39. The molecule has 4 rings (SSSR count). The van der Waals surface area contributed by atoms with Gasteiger partial charge in [-0.2, -0.15) is 0 Å². The molecule has 0 bridgehead atoms. The third-order valence-corrected chi connectivity index (χ3v) is 4.39. The molecule has 1 saturated heterocycles. The van der Waals surface area contributed by atoms with Gasteiger partial charge in [0.2, 0.25) is 0 Å². The van der Waals surface area contributed by atoms with Crippen LogP contribution in [-0.2, 0) is 4.74 Å². The van der Waals surface area contributed by atoms with Crippen LogP contribution < -0.4 is 10.1 Å². The van der Waals surface area contributed by atoms with Gasteiger partial charge in [-0.3, -0.25) is 9.78 Å². The molecule has 134 valence electrons. The Balaban J connectivity index is 1.47. The SMILES string of the molecule is Cc1ccc(O[C@H]2COCC[C@H]2NC(=O)c2cn3ccccc3n2)cn1. The first kappa shape index (κ1) is 16.5. The predicted molar refractivity (Wildman–Crippen MR) is 95.3 cm³/mol. The molecule has 0 spiro atoms. The van der Waals surface area contributed by atoms with Crippen molar-refractivity contribution in [1.82, 2.24) is 19.7 Å². The van der Waals surface area contributed by atoms with Crippen molar-refractivity contribution in [2.45, 2.75) is 25.5 Å². The summed E-state index contributed by atoms with van der Waals surface area (Å²) in [6, 6.07) is 9.27. The van der Waals surface area contributed by atoms with E-state index in [-0.39, 0.29) is 18.1 Å². The van der Waals surface area contributed by atoms with E-state index in [1.807, 2.05) is 47.9 Å². The van der Waals surface area contributed by atoms with Gasteiger partial charge in [-0.1, -0.05) is 6.07 Å². The largest absolute Gasteiger partial charge is 0.484 e. The fourth-order valence-corrected chi connectivity index (χ4v) is 2.98. The van der Waals surface area contributed by atoms with Gasteiger partial charge in [-0.25, -0.2) is 4.98 Å². The third kappa shape index (κ3) is 3.52. The topological polar surface area (TPSA) is 77.8 Å². The minimum atomic E-state index is -0.269. The van der Waals surface area contributed by atoms with E-state index in [2.05, 4.69) is 15.3 Å². The van der Waals surface area contributed by atoms with E-state index in [1.54, 1.807) is 12.4 Å². The summed E-state index contributed by atoms with van der Waals surface area (Å²) in [5, 5.41) is 3.04. The molecule has 4 heterocycles. The molecule has 1 amide bonds. The summed E-state index contributed by atoms with van der Waals surface area (Å²) in [5.41, 5.74) is 2.05. The van der Waals surface area contributed by atoms with Crippen molar-refractivity contribution < 1.29 is 14.3 Å². The molecule has 1 N–H and O–H groups in total. The number of imidazole rings is 1. The quantitative estimate of drug-likeness (QED) is 0.777. The zero-order valence-corrected chi connectivity index (χ0v) is 14.5. The summed E-state index contributed by atoms with van der Waals surface area (Å²) in [5.74, 6) is 0.453.